The van der Waals surface area contributed by atoms with Gasteiger partial charge in [-0.05, 0) is 37.6 Å². The quantitative estimate of drug-likeness (QED) is 0.416. The van der Waals surface area contributed by atoms with Crippen LogP contribution in [0.1, 0.15) is 11.1 Å². The van der Waals surface area contributed by atoms with Gasteiger partial charge in [0, 0.05) is 5.69 Å². The molecule has 0 heterocycles. The van der Waals surface area contributed by atoms with Gasteiger partial charge in [-0.2, -0.15) is 4.72 Å². The lowest BCUT2D eigenvalue weighted by atomic mass is 10.1. The summed E-state index contributed by atoms with van der Waals surface area (Å²) in [5, 5.41) is 4.35. The third-order valence-electron chi connectivity index (χ3n) is 3.94. The van der Waals surface area contributed by atoms with Crippen LogP contribution in [0.25, 0.3) is 0 Å². The Morgan fingerprint density at radius 3 is 2.34 bits per heavy atom. The van der Waals surface area contributed by atoms with Gasteiger partial charge in [0.1, 0.15) is 11.4 Å². The van der Waals surface area contributed by atoms with Crippen LogP contribution in [0.5, 0.6) is 0 Å². The van der Waals surface area contributed by atoms with Crippen molar-refractivity contribution >= 4 is 33.6 Å². The molecule has 0 aromatic heterocycles. The zero-order valence-corrected chi connectivity index (χ0v) is 17.6. The number of hydrogen-bond acceptors (Lipinski definition) is 6. The molecule has 2 aromatic rings. The molecule has 32 heavy (non-hydrogen) atoms. The highest BCUT2D eigenvalue weighted by Crippen LogP contribution is 2.19. The molecule has 172 valence electrons. The van der Waals surface area contributed by atoms with Crippen molar-refractivity contribution in [2.45, 2.75) is 18.7 Å². The van der Waals surface area contributed by atoms with E-state index in [1.807, 2.05) is 18.3 Å². The van der Waals surface area contributed by atoms with Crippen LogP contribution in [-0.2, 0) is 24.3 Å². The molecule has 0 saturated carbocycles. The molecule has 3 N–H and O–H groups in total. The summed E-state index contributed by atoms with van der Waals surface area (Å²) < 4.78 is 69.8. The maximum Gasteiger partial charge on any atom is 0.325 e. The SMILES string of the molecule is Cc1ccc(NC(=O)NC(=O)COC(=O)CNS(=O)(=O)c2ccc(F)c(F)c2F)c(C)c1. The third kappa shape index (κ3) is 6.52. The number of carbonyl (C=O) groups is 3. The van der Waals surface area contributed by atoms with Crippen molar-refractivity contribution in [3.63, 3.8) is 0 Å². The minimum atomic E-state index is -4.72. The van der Waals surface area contributed by atoms with Crippen LogP contribution < -0.4 is 15.4 Å². The van der Waals surface area contributed by atoms with Gasteiger partial charge >= 0.3 is 12.0 Å². The molecule has 0 aliphatic rings. The second-order valence-corrected chi connectivity index (χ2v) is 8.21. The Morgan fingerprint density at radius 1 is 1.00 bits per heavy atom. The van der Waals surface area contributed by atoms with Crippen molar-refractivity contribution in [2.24, 2.45) is 0 Å². The van der Waals surface area contributed by atoms with E-state index >= 15 is 0 Å². The first-order chi connectivity index (χ1) is 14.9. The number of sulfonamides is 1. The van der Waals surface area contributed by atoms with Gasteiger partial charge in [-0.1, -0.05) is 17.7 Å². The lowest BCUT2D eigenvalue weighted by molar-refractivity contribution is -0.147. The highest BCUT2D eigenvalue weighted by molar-refractivity contribution is 7.89. The normalized spacial score (nSPS) is 11.0. The van der Waals surface area contributed by atoms with Gasteiger partial charge in [0.2, 0.25) is 10.0 Å². The Balaban J connectivity index is 1.83. The van der Waals surface area contributed by atoms with Crippen LogP contribution in [0.15, 0.2) is 35.2 Å². The van der Waals surface area contributed by atoms with Gasteiger partial charge in [-0.15, -0.1) is 0 Å². The second kappa shape index (κ2) is 10.2. The average molecular weight is 473 g/mol. The molecule has 9 nitrogen and oxygen atoms in total. The van der Waals surface area contributed by atoms with E-state index in [1.165, 1.54) is 0 Å². The number of imide groups is 1. The molecule has 3 amide bonds. The van der Waals surface area contributed by atoms with Crippen LogP contribution in [-0.4, -0.2) is 39.5 Å². The zero-order valence-electron chi connectivity index (χ0n) is 16.8. The van der Waals surface area contributed by atoms with E-state index in [1.54, 1.807) is 23.8 Å². The number of esters is 1. The van der Waals surface area contributed by atoms with Crippen molar-refractivity contribution < 1.29 is 40.7 Å². The minimum Gasteiger partial charge on any atom is -0.455 e. The molecule has 0 atom stereocenters. The Morgan fingerprint density at radius 2 is 1.69 bits per heavy atom. The standard InChI is InChI=1S/C19H18F3N3O6S/c1-10-3-5-13(11(2)7-10)24-19(28)25-15(26)9-31-16(27)8-23-32(29,30)14-6-4-12(20)17(21)18(14)22/h3-7,23H,8-9H2,1-2H3,(H2,24,25,26,28). The fourth-order valence-corrected chi connectivity index (χ4v) is 3.45. The monoisotopic (exact) mass is 473 g/mol. The van der Waals surface area contributed by atoms with Crippen LogP contribution >= 0.6 is 0 Å². The number of urea groups is 1. The van der Waals surface area contributed by atoms with E-state index in [0.29, 0.717) is 17.8 Å². The summed E-state index contributed by atoms with van der Waals surface area (Å²) in [6, 6.07) is 5.19. The number of carbonyl (C=O) groups excluding carboxylic acids is 3. The maximum atomic E-state index is 13.6. The average Bonchev–Trinajstić information content (AvgIpc) is 2.71. The molecule has 0 spiro atoms. The predicted octanol–water partition coefficient (Wildman–Crippen LogP) is 1.89. The van der Waals surface area contributed by atoms with E-state index in [0.717, 1.165) is 11.1 Å². The Bertz CT molecular complexity index is 1170. The van der Waals surface area contributed by atoms with E-state index in [-0.39, 0.29) is 0 Å². The lowest BCUT2D eigenvalue weighted by Crippen LogP contribution is -2.38. The Hall–Kier alpha value is -3.45. The first kappa shape index (κ1) is 24.8. The zero-order chi connectivity index (χ0) is 24.1. The summed E-state index contributed by atoms with van der Waals surface area (Å²) in [6.07, 6.45) is 0. The van der Waals surface area contributed by atoms with Crippen molar-refractivity contribution in [1.29, 1.82) is 0 Å². The lowest BCUT2D eigenvalue weighted by Gasteiger charge is -2.10. The molecule has 0 saturated heterocycles. The first-order valence-electron chi connectivity index (χ1n) is 8.87. The summed E-state index contributed by atoms with van der Waals surface area (Å²) in [4.78, 5) is 34.0. The van der Waals surface area contributed by atoms with Crippen LogP contribution in [0.2, 0.25) is 0 Å². The maximum absolute atomic E-state index is 13.6. The number of ether oxygens (including phenoxy) is 1. The molecule has 13 heteroatoms. The van der Waals surface area contributed by atoms with Gasteiger partial charge in [0.05, 0.1) is 0 Å². The molecule has 2 aromatic carbocycles. The molecule has 0 bridgehead atoms. The smallest absolute Gasteiger partial charge is 0.325 e. The number of hydrogen-bond donors (Lipinski definition) is 3. The van der Waals surface area contributed by atoms with Gasteiger partial charge in [-0.25, -0.2) is 26.4 Å². The molecule has 0 aliphatic heterocycles. The van der Waals surface area contributed by atoms with E-state index in [9.17, 15) is 36.0 Å². The summed E-state index contributed by atoms with van der Waals surface area (Å²) >= 11 is 0. The van der Waals surface area contributed by atoms with Crippen molar-refractivity contribution in [2.75, 3.05) is 18.5 Å². The van der Waals surface area contributed by atoms with Gasteiger partial charge in [0.25, 0.3) is 5.91 Å². The molecule has 0 radical (unpaired) electrons. The van der Waals surface area contributed by atoms with E-state index in [2.05, 4.69) is 10.1 Å². The molecule has 2 rings (SSSR count). The van der Waals surface area contributed by atoms with Crippen LogP contribution in [0.3, 0.4) is 0 Å². The molecule has 0 unspecified atom stereocenters. The largest absolute Gasteiger partial charge is 0.455 e. The predicted molar refractivity (Wildman–Crippen MR) is 106 cm³/mol. The van der Waals surface area contributed by atoms with Gasteiger partial charge in [0.15, 0.2) is 24.1 Å². The highest BCUT2D eigenvalue weighted by Gasteiger charge is 2.25. The summed E-state index contributed by atoms with van der Waals surface area (Å²) in [5.74, 6) is -7.80. The number of rotatable bonds is 7. The number of aryl methyl sites for hydroxylation is 2. The Labute approximate surface area is 181 Å². The Kier molecular flexibility index (Phi) is 7.94. The summed E-state index contributed by atoms with van der Waals surface area (Å²) in [7, 11) is -4.72. The van der Waals surface area contributed by atoms with Crippen molar-refractivity contribution in [3.8, 4) is 0 Å². The number of halogens is 3. The fraction of sp³-hybridized carbons (Fsp3) is 0.211. The van der Waals surface area contributed by atoms with Crippen LogP contribution in [0, 0.1) is 31.3 Å². The summed E-state index contributed by atoms with van der Waals surface area (Å²) in [6.45, 7) is 1.66. The van der Waals surface area contributed by atoms with Gasteiger partial charge in [-0.3, -0.25) is 14.9 Å². The molecular weight excluding hydrogens is 455 g/mol. The number of anilines is 1. The fourth-order valence-electron chi connectivity index (χ4n) is 2.41. The molecule has 0 fully saturated rings. The van der Waals surface area contributed by atoms with Gasteiger partial charge < -0.3 is 10.1 Å². The summed E-state index contributed by atoms with van der Waals surface area (Å²) in [5.41, 5.74) is 2.18. The van der Waals surface area contributed by atoms with Crippen molar-refractivity contribution in [3.05, 3.63) is 58.9 Å². The molecular formula is C19H18F3N3O6S. The number of amides is 3. The van der Waals surface area contributed by atoms with E-state index < -0.39 is 63.4 Å². The van der Waals surface area contributed by atoms with Crippen molar-refractivity contribution in [1.82, 2.24) is 10.0 Å². The second-order valence-electron chi connectivity index (χ2n) is 6.48. The first-order valence-corrected chi connectivity index (χ1v) is 10.4. The number of nitrogens with one attached hydrogen (secondary N) is 3. The van der Waals surface area contributed by atoms with E-state index in [4.69, 9.17) is 0 Å². The molecule has 0 aliphatic carbocycles. The minimum absolute atomic E-state index is 0.402. The van der Waals surface area contributed by atoms with Crippen LogP contribution in [0.4, 0.5) is 23.7 Å². The number of benzene rings is 2. The highest BCUT2D eigenvalue weighted by atomic mass is 32.2. The topological polar surface area (TPSA) is 131 Å². The third-order valence-corrected chi connectivity index (χ3v) is 5.36.